The van der Waals surface area contributed by atoms with Gasteiger partial charge < -0.3 is 4.90 Å². The molecule has 106 valence electrons. The molecule has 0 radical (unpaired) electrons. The van der Waals surface area contributed by atoms with E-state index in [9.17, 15) is 14.0 Å². The monoisotopic (exact) mass is 303 g/mol. The van der Waals surface area contributed by atoms with Crippen molar-refractivity contribution < 1.29 is 14.0 Å². The summed E-state index contributed by atoms with van der Waals surface area (Å²) in [5.74, 6) is -1.20. The highest BCUT2D eigenvalue weighted by Gasteiger charge is 2.29. The van der Waals surface area contributed by atoms with E-state index < -0.39 is 11.6 Å². The third-order valence-corrected chi connectivity index (χ3v) is 3.69. The molecule has 0 bridgehead atoms. The van der Waals surface area contributed by atoms with Gasteiger partial charge in [-0.25, -0.2) is 4.39 Å². The maximum absolute atomic E-state index is 13.6. The predicted octanol–water partition coefficient (Wildman–Crippen LogP) is 3.25. The molecule has 0 aliphatic carbocycles. The number of Topliss-reactive ketones (excluding diaryl/α,β-unsaturated/α-hetero) is 1. The Kier molecular flexibility index (Phi) is 3.47. The molecular formula is C16H11ClFNO2. The lowest BCUT2D eigenvalue weighted by Crippen LogP contribution is -2.32. The van der Waals surface area contributed by atoms with Gasteiger partial charge in [0, 0.05) is 10.7 Å². The Hall–Kier alpha value is -2.20. The number of fused-ring (bicyclic) bond motifs is 1. The molecule has 21 heavy (non-hydrogen) atoms. The molecule has 1 aliphatic heterocycles. The van der Waals surface area contributed by atoms with Crippen LogP contribution in [0.2, 0.25) is 5.02 Å². The minimum atomic E-state index is -0.583. The van der Waals surface area contributed by atoms with Gasteiger partial charge in [-0.05, 0) is 29.8 Å². The Morgan fingerprint density at radius 3 is 2.76 bits per heavy atom. The van der Waals surface area contributed by atoms with E-state index in [1.807, 2.05) is 0 Å². The van der Waals surface area contributed by atoms with E-state index in [0.29, 0.717) is 10.7 Å². The van der Waals surface area contributed by atoms with Crippen molar-refractivity contribution in [2.24, 2.45) is 0 Å². The molecule has 0 spiro atoms. The van der Waals surface area contributed by atoms with E-state index in [1.54, 1.807) is 24.3 Å². The SMILES string of the molecule is O=C(CN1C(=O)Cc2ccc(Cl)cc21)c1ccccc1F. The van der Waals surface area contributed by atoms with Gasteiger partial charge in [0.05, 0.1) is 18.5 Å². The Balaban J connectivity index is 1.89. The molecule has 2 aromatic rings. The number of anilines is 1. The van der Waals surface area contributed by atoms with Crippen molar-refractivity contribution in [3.8, 4) is 0 Å². The lowest BCUT2D eigenvalue weighted by molar-refractivity contribution is -0.117. The van der Waals surface area contributed by atoms with E-state index in [2.05, 4.69) is 0 Å². The van der Waals surface area contributed by atoms with Crippen molar-refractivity contribution in [2.75, 3.05) is 11.4 Å². The molecule has 2 aromatic carbocycles. The summed E-state index contributed by atoms with van der Waals surface area (Å²) in [7, 11) is 0. The van der Waals surface area contributed by atoms with Crippen molar-refractivity contribution in [3.05, 3.63) is 64.4 Å². The average Bonchev–Trinajstić information content (AvgIpc) is 2.75. The van der Waals surface area contributed by atoms with Crippen LogP contribution in [0.5, 0.6) is 0 Å². The normalized spacial score (nSPS) is 13.4. The molecule has 0 atom stereocenters. The molecular weight excluding hydrogens is 293 g/mol. The summed E-state index contributed by atoms with van der Waals surface area (Å²) < 4.78 is 13.6. The number of carbonyl (C=O) groups is 2. The van der Waals surface area contributed by atoms with Crippen molar-refractivity contribution in [2.45, 2.75) is 6.42 Å². The summed E-state index contributed by atoms with van der Waals surface area (Å²) >= 11 is 5.93. The minimum absolute atomic E-state index is 0.0132. The second-order valence-corrected chi connectivity index (χ2v) is 5.27. The third-order valence-electron chi connectivity index (χ3n) is 3.46. The number of amides is 1. The number of hydrogen-bond acceptors (Lipinski definition) is 2. The van der Waals surface area contributed by atoms with Gasteiger partial charge in [-0.2, -0.15) is 0 Å². The number of carbonyl (C=O) groups excluding carboxylic acids is 2. The van der Waals surface area contributed by atoms with E-state index in [4.69, 9.17) is 11.6 Å². The van der Waals surface area contributed by atoms with Gasteiger partial charge in [-0.3, -0.25) is 9.59 Å². The first-order valence-corrected chi connectivity index (χ1v) is 6.80. The van der Waals surface area contributed by atoms with Crippen LogP contribution in [0, 0.1) is 5.82 Å². The Morgan fingerprint density at radius 1 is 1.24 bits per heavy atom. The number of ketones is 1. The first kappa shape index (κ1) is 13.8. The van der Waals surface area contributed by atoms with Crippen molar-refractivity contribution in [1.82, 2.24) is 0 Å². The van der Waals surface area contributed by atoms with Crippen LogP contribution >= 0.6 is 11.6 Å². The van der Waals surface area contributed by atoms with Crippen molar-refractivity contribution >= 4 is 29.0 Å². The molecule has 1 aliphatic rings. The lowest BCUT2D eigenvalue weighted by Gasteiger charge is -2.17. The Morgan fingerprint density at radius 2 is 2.00 bits per heavy atom. The zero-order valence-electron chi connectivity index (χ0n) is 11.0. The van der Waals surface area contributed by atoms with Crippen LogP contribution in [0.15, 0.2) is 42.5 Å². The smallest absolute Gasteiger partial charge is 0.231 e. The highest BCUT2D eigenvalue weighted by Crippen LogP contribution is 2.31. The van der Waals surface area contributed by atoms with Gasteiger partial charge in [-0.15, -0.1) is 0 Å². The molecule has 0 saturated heterocycles. The van der Waals surface area contributed by atoms with Crippen molar-refractivity contribution in [1.29, 1.82) is 0 Å². The second-order valence-electron chi connectivity index (χ2n) is 4.83. The highest BCUT2D eigenvalue weighted by atomic mass is 35.5. The van der Waals surface area contributed by atoms with Crippen LogP contribution in [-0.2, 0) is 11.2 Å². The van der Waals surface area contributed by atoms with Crippen LogP contribution in [0.1, 0.15) is 15.9 Å². The number of hydrogen-bond donors (Lipinski definition) is 0. The van der Waals surface area contributed by atoms with Gasteiger partial charge in [0.15, 0.2) is 5.78 Å². The fourth-order valence-corrected chi connectivity index (χ4v) is 2.59. The third kappa shape index (κ3) is 2.54. The van der Waals surface area contributed by atoms with E-state index in [0.717, 1.165) is 5.56 Å². The number of rotatable bonds is 3. The first-order valence-electron chi connectivity index (χ1n) is 6.43. The number of nitrogens with zero attached hydrogens (tertiary/aromatic N) is 1. The van der Waals surface area contributed by atoms with E-state index in [-0.39, 0.29) is 24.4 Å². The first-order chi connectivity index (χ1) is 10.1. The fraction of sp³-hybridized carbons (Fsp3) is 0.125. The second kappa shape index (κ2) is 5.30. The standard InChI is InChI=1S/C16H11ClFNO2/c17-11-6-5-10-7-16(21)19(14(10)8-11)9-15(20)12-3-1-2-4-13(12)18/h1-6,8H,7,9H2. The Bertz CT molecular complexity index is 745. The zero-order valence-corrected chi connectivity index (χ0v) is 11.7. The molecule has 0 saturated carbocycles. The predicted molar refractivity (Wildman–Crippen MR) is 78.2 cm³/mol. The average molecular weight is 304 g/mol. The molecule has 0 unspecified atom stereocenters. The van der Waals surface area contributed by atoms with E-state index in [1.165, 1.54) is 23.1 Å². The molecule has 0 fully saturated rings. The topological polar surface area (TPSA) is 37.4 Å². The minimum Gasteiger partial charge on any atom is -0.304 e. The fourth-order valence-electron chi connectivity index (χ4n) is 2.42. The molecule has 0 N–H and O–H groups in total. The maximum atomic E-state index is 13.6. The lowest BCUT2D eigenvalue weighted by atomic mass is 10.1. The van der Waals surface area contributed by atoms with Gasteiger partial charge >= 0.3 is 0 Å². The Labute approximate surface area is 125 Å². The van der Waals surface area contributed by atoms with Crippen LogP contribution in [0.3, 0.4) is 0 Å². The summed E-state index contributed by atoms with van der Waals surface area (Å²) in [5, 5.41) is 0.492. The van der Waals surface area contributed by atoms with E-state index >= 15 is 0 Å². The van der Waals surface area contributed by atoms with Crippen LogP contribution < -0.4 is 4.90 Å². The van der Waals surface area contributed by atoms with Gasteiger partial charge in [0.1, 0.15) is 5.82 Å². The summed E-state index contributed by atoms with van der Waals surface area (Å²) in [6.07, 6.45) is 0.233. The highest BCUT2D eigenvalue weighted by molar-refractivity contribution is 6.31. The number of benzene rings is 2. The molecule has 3 nitrogen and oxygen atoms in total. The quantitative estimate of drug-likeness (QED) is 0.816. The number of halogens is 2. The van der Waals surface area contributed by atoms with Crippen LogP contribution in [0.25, 0.3) is 0 Å². The van der Waals surface area contributed by atoms with Crippen LogP contribution in [-0.4, -0.2) is 18.2 Å². The van der Waals surface area contributed by atoms with Crippen LogP contribution in [0.4, 0.5) is 10.1 Å². The zero-order chi connectivity index (χ0) is 15.0. The molecule has 0 aromatic heterocycles. The summed E-state index contributed by atoms with van der Waals surface area (Å²) in [6.45, 7) is -0.187. The van der Waals surface area contributed by atoms with Crippen molar-refractivity contribution in [3.63, 3.8) is 0 Å². The summed E-state index contributed by atoms with van der Waals surface area (Å²) in [4.78, 5) is 25.6. The molecule has 3 rings (SSSR count). The van der Waals surface area contributed by atoms with Gasteiger partial charge in [0.2, 0.25) is 5.91 Å². The maximum Gasteiger partial charge on any atom is 0.231 e. The molecule has 1 amide bonds. The molecule has 5 heteroatoms. The summed E-state index contributed by atoms with van der Waals surface area (Å²) in [5.41, 5.74) is 1.43. The molecule has 1 heterocycles. The van der Waals surface area contributed by atoms with Gasteiger partial charge in [-0.1, -0.05) is 29.8 Å². The summed E-state index contributed by atoms with van der Waals surface area (Å²) in [6, 6.07) is 10.9. The largest absolute Gasteiger partial charge is 0.304 e. The van der Waals surface area contributed by atoms with Gasteiger partial charge in [0.25, 0.3) is 0 Å².